The van der Waals surface area contributed by atoms with Gasteiger partial charge in [0, 0.05) is 6.61 Å². The third kappa shape index (κ3) is 3.04. The van der Waals surface area contributed by atoms with Gasteiger partial charge in [-0.3, -0.25) is 0 Å². The van der Waals surface area contributed by atoms with E-state index in [0.717, 1.165) is 5.75 Å². The maximum absolute atomic E-state index is 5.52. The van der Waals surface area contributed by atoms with Gasteiger partial charge < -0.3 is 9.47 Å². The number of hydrogen-bond donors (Lipinski definition) is 0. The molecule has 0 unspecified atom stereocenters. The second kappa shape index (κ2) is 5.66. The Kier molecular flexibility index (Phi) is 4.47. The van der Waals surface area contributed by atoms with Crippen molar-refractivity contribution in [3.8, 4) is 5.75 Å². The third-order valence-corrected chi connectivity index (χ3v) is 2.04. The zero-order valence-electron chi connectivity index (χ0n) is 9.12. The number of para-hydroxylation sites is 1. The number of benzene rings is 1. The Morgan fingerprint density at radius 1 is 1.21 bits per heavy atom. The van der Waals surface area contributed by atoms with Gasteiger partial charge in [0.15, 0.2) is 6.79 Å². The molecule has 0 aromatic heterocycles. The summed E-state index contributed by atoms with van der Waals surface area (Å²) in [4.78, 5) is 0. The van der Waals surface area contributed by atoms with Crippen LogP contribution in [0.1, 0.15) is 32.3 Å². The first-order chi connectivity index (χ1) is 6.75. The third-order valence-electron chi connectivity index (χ3n) is 2.04. The molecule has 0 spiro atoms. The zero-order valence-corrected chi connectivity index (χ0v) is 9.12. The Bertz CT molecular complexity index is 269. The molecule has 0 radical (unpaired) electrons. The summed E-state index contributed by atoms with van der Waals surface area (Å²) >= 11 is 0. The van der Waals surface area contributed by atoms with Crippen LogP contribution < -0.4 is 4.74 Å². The van der Waals surface area contributed by atoms with E-state index in [1.165, 1.54) is 5.56 Å². The fourth-order valence-electron chi connectivity index (χ4n) is 1.28. The van der Waals surface area contributed by atoms with Gasteiger partial charge in [0.2, 0.25) is 0 Å². The molecule has 0 aliphatic heterocycles. The van der Waals surface area contributed by atoms with Crippen molar-refractivity contribution in [2.75, 3.05) is 13.4 Å². The van der Waals surface area contributed by atoms with Crippen molar-refractivity contribution in [2.45, 2.75) is 26.7 Å². The van der Waals surface area contributed by atoms with Crippen molar-refractivity contribution in [3.05, 3.63) is 29.8 Å². The van der Waals surface area contributed by atoms with Gasteiger partial charge in [0.1, 0.15) is 5.75 Å². The summed E-state index contributed by atoms with van der Waals surface area (Å²) in [5, 5.41) is 0. The predicted molar refractivity (Wildman–Crippen MR) is 57.7 cm³/mol. The highest BCUT2D eigenvalue weighted by molar-refractivity contribution is 5.35. The highest BCUT2D eigenvalue weighted by Crippen LogP contribution is 2.25. The molecule has 0 aliphatic carbocycles. The molecule has 1 rings (SSSR count). The van der Waals surface area contributed by atoms with Crippen LogP contribution in [-0.2, 0) is 4.74 Å². The van der Waals surface area contributed by atoms with Gasteiger partial charge in [0.05, 0.1) is 0 Å². The minimum absolute atomic E-state index is 0.334. The average molecular weight is 194 g/mol. The fraction of sp³-hybridized carbons (Fsp3) is 0.500. The molecule has 0 heterocycles. The largest absolute Gasteiger partial charge is 0.467 e. The Morgan fingerprint density at radius 2 is 1.93 bits per heavy atom. The molecule has 0 bridgehead atoms. The van der Waals surface area contributed by atoms with E-state index in [1.807, 2.05) is 25.1 Å². The van der Waals surface area contributed by atoms with E-state index >= 15 is 0 Å². The molecule has 0 saturated carbocycles. The highest BCUT2D eigenvalue weighted by Gasteiger charge is 2.05. The van der Waals surface area contributed by atoms with Gasteiger partial charge in [-0.1, -0.05) is 32.0 Å². The molecule has 2 heteroatoms. The van der Waals surface area contributed by atoms with Crippen LogP contribution in [0.3, 0.4) is 0 Å². The SMILES string of the molecule is CCOCOc1ccccc1C(C)C. The standard InChI is InChI=1S/C12H18O2/c1-4-13-9-14-12-8-6-5-7-11(12)10(2)3/h5-8,10H,4,9H2,1-3H3. The summed E-state index contributed by atoms with van der Waals surface area (Å²) < 4.78 is 10.7. The lowest BCUT2D eigenvalue weighted by Gasteiger charge is -2.13. The van der Waals surface area contributed by atoms with Crippen LogP contribution in [0.5, 0.6) is 5.75 Å². The highest BCUT2D eigenvalue weighted by atomic mass is 16.7. The minimum Gasteiger partial charge on any atom is -0.467 e. The van der Waals surface area contributed by atoms with E-state index in [1.54, 1.807) is 0 Å². The van der Waals surface area contributed by atoms with Crippen molar-refractivity contribution in [3.63, 3.8) is 0 Å². The van der Waals surface area contributed by atoms with Crippen molar-refractivity contribution in [2.24, 2.45) is 0 Å². The topological polar surface area (TPSA) is 18.5 Å². The first-order valence-corrected chi connectivity index (χ1v) is 5.05. The Morgan fingerprint density at radius 3 is 2.57 bits per heavy atom. The Labute approximate surface area is 85.8 Å². The molecule has 0 aliphatic rings. The molecule has 2 nitrogen and oxygen atoms in total. The van der Waals surface area contributed by atoms with E-state index in [-0.39, 0.29) is 0 Å². The summed E-state index contributed by atoms with van der Waals surface area (Å²) in [5.41, 5.74) is 1.23. The van der Waals surface area contributed by atoms with E-state index in [9.17, 15) is 0 Å². The second-order valence-electron chi connectivity index (χ2n) is 3.45. The summed E-state index contributed by atoms with van der Waals surface area (Å²) in [6.45, 7) is 7.29. The maximum Gasteiger partial charge on any atom is 0.189 e. The molecule has 1 aromatic carbocycles. The summed E-state index contributed by atoms with van der Waals surface area (Å²) in [5.74, 6) is 1.41. The molecule has 0 atom stereocenters. The van der Waals surface area contributed by atoms with Gasteiger partial charge in [0.25, 0.3) is 0 Å². The Hall–Kier alpha value is -1.02. The van der Waals surface area contributed by atoms with Crippen LogP contribution in [0.15, 0.2) is 24.3 Å². The molecule has 0 N–H and O–H groups in total. The number of ether oxygens (including phenoxy) is 2. The van der Waals surface area contributed by atoms with Gasteiger partial charge in [-0.2, -0.15) is 0 Å². The van der Waals surface area contributed by atoms with Crippen LogP contribution in [0, 0.1) is 0 Å². The first kappa shape index (κ1) is 11.1. The molecule has 0 saturated heterocycles. The normalized spacial score (nSPS) is 10.6. The van der Waals surface area contributed by atoms with Crippen molar-refractivity contribution < 1.29 is 9.47 Å². The monoisotopic (exact) mass is 194 g/mol. The van der Waals surface area contributed by atoms with E-state index < -0.39 is 0 Å². The Balaban J connectivity index is 2.64. The van der Waals surface area contributed by atoms with Crippen LogP contribution >= 0.6 is 0 Å². The van der Waals surface area contributed by atoms with Crippen molar-refractivity contribution in [1.29, 1.82) is 0 Å². The fourth-order valence-corrected chi connectivity index (χ4v) is 1.28. The minimum atomic E-state index is 0.334. The first-order valence-electron chi connectivity index (χ1n) is 5.05. The average Bonchev–Trinajstić information content (AvgIpc) is 2.19. The zero-order chi connectivity index (χ0) is 10.4. The van der Waals surface area contributed by atoms with Crippen LogP contribution in [0.25, 0.3) is 0 Å². The molecule has 1 aromatic rings. The van der Waals surface area contributed by atoms with Crippen LogP contribution in [0.4, 0.5) is 0 Å². The van der Waals surface area contributed by atoms with Gasteiger partial charge in [-0.05, 0) is 24.5 Å². The predicted octanol–water partition coefficient (Wildman–Crippen LogP) is 3.18. The molecule has 14 heavy (non-hydrogen) atoms. The maximum atomic E-state index is 5.52. The molecule has 78 valence electrons. The lowest BCUT2D eigenvalue weighted by Crippen LogP contribution is -2.04. The van der Waals surface area contributed by atoms with Crippen molar-refractivity contribution in [1.82, 2.24) is 0 Å². The molecular formula is C12H18O2. The lowest BCUT2D eigenvalue weighted by atomic mass is 10.0. The van der Waals surface area contributed by atoms with Crippen molar-refractivity contribution >= 4 is 0 Å². The van der Waals surface area contributed by atoms with Gasteiger partial charge >= 0.3 is 0 Å². The summed E-state index contributed by atoms with van der Waals surface area (Å²) in [6.07, 6.45) is 0. The summed E-state index contributed by atoms with van der Waals surface area (Å²) in [7, 11) is 0. The number of rotatable bonds is 5. The van der Waals surface area contributed by atoms with E-state index in [0.29, 0.717) is 19.3 Å². The molecule has 0 amide bonds. The van der Waals surface area contributed by atoms with E-state index in [4.69, 9.17) is 9.47 Å². The quantitative estimate of drug-likeness (QED) is 0.529. The van der Waals surface area contributed by atoms with Gasteiger partial charge in [-0.25, -0.2) is 0 Å². The smallest absolute Gasteiger partial charge is 0.189 e. The summed E-state index contributed by atoms with van der Waals surface area (Å²) in [6, 6.07) is 8.08. The van der Waals surface area contributed by atoms with Crippen LogP contribution in [0.2, 0.25) is 0 Å². The number of hydrogen-bond acceptors (Lipinski definition) is 2. The van der Waals surface area contributed by atoms with E-state index in [2.05, 4.69) is 19.9 Å². The van der Waals surface area contributed by atoms with Gasteiger partial charge in [-0.15, -0.1) is 0 Å². The molecule has 0 fully saturated rings. The van der Waals surface area contributed by atoms with Crippen LogP contribution in [-0.4, -0.2) is 13.4 Å². The molecular weight excluding hydrogens is 176 g/mol. The second-order valence-corrected chi connectivity index (χ2v) is 3.45. The lowest BCUT2D eigenvalue weighted by molar-refractivity contribution is 0.0217.